The molecule has 0 aromatic rings. The number of ether oxygens (including phenoxy) is 1. The van der Waals surface area contributed by atoms with Gasteiger partial charge in [0.2, 0.25) is 0 Å². The Bertz CT molecular complexity index is 545. The monoisotopic (exact) mass is 443 g/mol. The molecule has 13 heteroatoms. The van der Waals surface area contributed by atoms with Gasteiger partial charge in [-0.25, -0.2) is 4.79 Å². The average Bonchev–Trinajstić information content (AvgIpc) is 2.67. The molecule has 1 aliphatic heterocycles. The van der Waals surface area contributed by atoms with Crippen molar-refractivity contribution < 1.29 is 35.8 Å². The van der Waals surface area contributed by atoms with Crippen LogP contribution in [0.5, 0.6) is 0 Å². The maximum absolute atomic E-state index is 11.7. The van der Waals surface area contributed by atoms with Crippen molar-refractivity contribution in [2.75, 3.05) is 79.5 Å². The number of hydrogen-bond donors (Lipinski definition) is 2. The van der Waals surface area contributed by atoms with E-state index in [0.717, 1.165) is 13.1 Å². The van der Waals surface area contributed by atoms with Crippen molar-refractivity contribution in [3.05, 3.63) is 0 Å². The Kier molecular flexibility index (Phi) is 11.4. The number of nitrogens with one attached hydrogen (secondary N) is 1. The molecule has 0 atom stereocenters. The van der Waals surface area contributed by atoms with E-state index >= 15 is 0 Å². The van der Waals surface area contributed by atoms with Crippen LogP contribution in [0, 0.1) is 0 Å². The van der Waals surface area contributed by atoms with Crippen molar-refractivity contribution in [2.24, 2.45) is 0 Å². The first-order valence-corrected chi connectivity index (χ1v) is 12.7. The molecule has 0 bridgehead atoms. The van der Waals surface area contributed by atoms with Crippen LogP contribution in [0.25, 0.3) is 0 Å². The molecular weight excluding hydrogens is 410 g/mol. The van der Waals surface area contributed by atoms with Gasteiger partial charge in [0.1, 0.15) is 6.61 Å². The van der Waals surface area contributed by atoms with E-state index in [2.05, 4.69) is 10.2 Å². The van der Waals surface area contributed by atoms with Gasteiger partial charge in [-0.2, -0.15) is 8.42 Å². The highest BCUT2D eigenvalue weighted by atomic mass is 32.2. The summed E-state index contributed by atoms with van der Waals surface area (Å²) in [5.41, 5.74) is 0. The first-order chi connectivity index (χ1) is 13.2. The van der Waals surface area contributed by atoms with Gasteiger partial charge in [-0.05, 0) is 6.42 Å². The average molecular weight is 444 g/mol. The summed E-state index contributed by atoms with van der Waals surface area (Å²) >= 11 is 0. The largest absolute Gasteiger partial charge is 0.500 e. The Labute approximate surface area is 168 Å². The molecule has 1 rings (SSSR count). The van der Waals surface area contributed by atoms with Gasteiger partial charge in [-0.1, -0.05) is 0 Å². The molecule has 11 nitrogen and oxygen atoms in total. The van der Waals surface area contributed by atoms with Gasteiger partial charge in [0.25, 0.3) is 10.1 Å². The lowest BCUT2D eigenvalue weighted by Crippen LogP contribution is -2.48. The zero-order chi connectivity index (χ0) is 21.0. The third kappa shape index (κ3) is 10.1. The van der Waals surface area contributed by atoms with Crippen molar-refractivity contribution >= 4 is 25.0 Å². The van der Waals surface area contributed by atoms with Crippen LogP contribution in [-0.2, 0) is 28.1 Å². The second kappa shape index (κ2) is 12.7. The first kappa shape index (κ1) is 25.2. The topological polar surface area (TPSA) is 127 Å². The van der Waals surface area contributed by atoms with Crippen LogP contribution in [0.4, 0.5) is 4.79 Å². The Hall–Kier alpha value is -0.803. The number of alkyl carbamates (subject to hydrolysis) is 1. The summed E-state index contributed by atoms with van der Waals surface area (Å²) in [6, 6.07) is 0.596. The van der Waals surface area contributed by atoms with E-state index < -0.39 is 25.0 Å². The van der Waals surface area contributed by atoms with E-state index in [4.69, 9.17) is 22.6 Å². The van der Waals surface area contributed by atoms with Gasteiger partial charge < -0.3 is 23.3 Å². The number of nitrogens with zero attached hydrogens (tertiary/aromatic N) is 2. The molecule has 1 aliphatic rings. The van der Waals surface area contributed by atoms with Gasteiger partial charge in [0.15, 0.2) is 0 Å². The van der Waals surface area contributed by atoms with E-state index in [1.165, 1.54) is 0 Å². The van der Waals surface area contributed by atoms with Crippen molar-refractivity contribution in [3.8, 4) is 0 Å². The number of rotatable bonds is 13. The quantitative estimate of drug-likeness (QED) is 0.218. The van der Waals surface area contributed by atoms with E-state index in [0.29, 0.717) is 45.2 Å². The third-order valence-electron chi connectivity index (χ3n) is 4.63. The molecule has 1 heterocycles. The van der Waals surface area contributed by atoms with E-state index in [1.807, 2.05) is 4.90 Å². The maximum Gasteiger partial charge on any atom is 0.500 e. The summed E-state index contributed by atoms with van der Waals surface area (Å²) < 4.78 is 51.5. The number of carbonyl (C=O) groups is 1. The fourth-order valence-corrected chi connectivity index (χ4v) is 5.06. The lowest BCUT2D eigenvalue weighted by molar-refractivity contribution is 0.0972. The Balaban J connectivity index is 2.09. The number of amides is 1. The molecule has 1 saturated heterocycles. The molecule has 28 heavy (non-hydrogen) atoms. The highest BCUT2D eigenvalue weighted by Crippen LogP contribution is 2.14. The van der Waals surface area contributed by atoms with Crippen LogP contribution < -0.4 is 5.32 Å². The number of hydrogen-bond acceptors (Lipinski definition) is 9. The third-order valence-corrected chi connectivity index (χ3v) is 8.16. The Morgan fingerprint density at radius 1 is 1.04 bits per heavy atom. The molecule has 0 unspecified atom stereocenters. The lowest BCUT2D eigenvalue weighted by Gasteiger charge is -2.34. The standard InChI is InChI=1S/C15H33N3O8SSi/c1-23-28(24-2,25-3)14-4-5-16-15(19)26-12-10-17-6-8-18(9-7-17)11-13-27(20,21)22/h4-14H2,1-3H3,(H,16,19)(H,20,21,22). The summed E-state index contributed by atoms with van der Waals surface area (Å²) in [5.74, 6) is -0.251. The normalized spacial score (nSPS) is 16.9. The zero-order valence-electron chi connectivity index (χ0n) is 16.9. The van der Waals surface area contributed by atoms with Gasteiger partial charge in [-0.3, -0.25) is 14.4 Å². The molecule has 0 radical (unpaired) electrons. The molecule has 1 fully saturated rings. The fraction of sp³-hybridized carbons (Fsp3) is 0.933. The first-order valence-electron chi connectivity index (χ1n) is 9.19. The van der Waals surface area contributed by atoms with Crippen LogP contribution in [0.3, 0.4) is 0 Å². The number of carbonyl (C=O) groups excluding carboxylic acids is 1. The molecule has 0 aromatic heterocycles. The second-order valence-electron chi connectivity index (χ2n) is 6.43. The van der Waals surface area contributed by atoms with E-state index in [9.17, 15) is 13.2 Å². The van der Waals surface area contributed by atoms with Crippen molar-refractivity contribution in [1.29, 1.82) is 0 Å². The summed E-state index contributed by atoms with van der Waals surface area (Å²) in [7, 11) is -1.88. The van der Waals surface area contributed by atoms with E-state index in [-0.39, 0.29) is 12.4 Å². The highest BCUT2D eigenvalue weighted by molar-refractivity contribution is 7.85. The fourth-order valence-electron chi connectivity index (χ4n) is 2.85. The highest BCUT2D eigenvalue weighted by Gasteiger charge is 2.36. The molecule has 0 saturated carbocycles. The Morgan fingerprint density at radius 2 is 1.57 bits per heavy atom. The molecule has 0 aromatic carbocycles. The molecule has 0 aliphatic carbocycles. The van der Waals surface area contributed by atoms with Gasteiger partial charge in [0.05, 0.1) is 5.75 Å². The maximum atomic E-state index is 11.7. The van der Waals surface area contributed by atoms with Crippen molar-refractivity contribution in [1.82, 2.24) is 15.1 Å². The predicted molar refractivity (Wildman–Crippen MR) is 105 cm³/mol. The summed E-state index contributed by atoms with van der Waals surface area (Å²) in [4.78, 5) is 15.9. The summed E-state index contributed by atoms with van der Waals surface area (Å²) in [6.07, 6.45) is 0.189. The molecule has 1 amide bonds. The molecular formula is C15H33N3O8SSi. The predicted octanol–water partition coefficient (Wildman–Crippen LogP) is -0.514. The molecule has 166 valence electrons. The second-order valence-corrected chi connectivity index (χ2v) is 11.1. The minimum atomic E-state index is -3.92. The summed E-state index contributed by atoms with van der Waals surface area (Å²) in [6.45, 7) is 4.61. The molecule has 0 spiro atoms. The van der Waals surface area contributed by atoms with Crippen molar-refractivity contribution in [2.45, 2.75) is 12.5 Å². The SMILES string of the molecule is CO[Si](CCCNC(=O)OCCN1CCN(CCS(=O)(=O)O)CC1)(OC)OC. The van der Waals surface area contributed by atoms with Gasteiger partial charge >= 0.3 is 14.9 Å². The summed E-state index contributed by atoms with van der Waals surface area (Å²) in [5, 5.41) is 2.69. The van der Waals surface area contributed by atoms with Crippen LogP contribution in [0.1, 0.15) is 6.42 Å². The van der Waals surface area contributed by atoms with Crippen LogP contribution in [0.15, 0.2) is 0 Å². The van der Waals surface area contributed by atoms with Crippen molar-refractivity contribution in [3.63, 3.8) is 0 Å². The minimum absolute atomic E-state index is 0.251. The molecule has 2 N–H and O–H groups in total. The van der Waals surface area contributed by atoms with Gasteiger partial charge in [-0.15, -0.1) is 0 Å². The van der Waals surface area contributed by atoms with Crippen LogP contribution in [-0.4, -0.2) is 117 Å². The zero-order valence-corrected chi connectivity index (χ0v) is 18.7. The minimum Gasteiger partial charge on any atom is -0.448 e. The lowest BCUT2D eigenvalue weighted by atomic mass is 10.3. The number of piperazine rings is 1. The van der Waals surface area contributed by atoms with E-state index in [1.54, 1.807) is 21.3 Å². The Morgan fingerprint density at radius 3 is 2.07 bits per heavy atom. The van der Waals surface area contributed by atoms with Crippen LogP contribution >= 0.6 is 0 Å². The van der Waals surface area contributed by atoms with Gasteiger partial charge in [0, 0.05) is 73.2 Å². The smallest absolute Gasteiger partial charge is 0.448 e. The van der Waals surface area contributed by atoms with Crippen LogP contribution in [0.2, 0.25) is 6.04 Å².